The molecule has 2 aromatic heterocycles. The van der Waals surface area contributed by atoms with Crippen molar-refractivity contribution >= 4 is 28.4 Å². The van der Waals surface area contributed by atoms with Crippen LogP contribution in [0.25, 0.3) is 16.7 Å². The Balaban J connectivity index is 1.45. The molecule has 34 heavy (non-hydrogen) atoms. The van der Waals surface area contributed by atoms with Gasteiger partial charge in [-0.3, -0.25) is 9.48 Å². The lowest BCUT2D eigenvalue weighted by atomic mass is 10.1. The number of rotatable bonds is 4. The van der Waals surface area contributed by atoms with E-state index in [1.165, 1.54) is 11.3 Å². The summed E-state index contributed by atoms with van der Waals surface area (Å²) in [5, 5.41) is 3.81. The highest BCUT2D eigenvalue weighted by molar-refractivity contribution is 5.76. The van der Waals surface area contributed by atoms with Crippen molar-refractivity contribution < 1.29 is 0 Å². The minimum Gasteiger partial charge on any atom is -0.369 e. The van der Waals surface area contributed by atoms with Crippen LogP contribution in [-0.4, -0.2) is 57.5 Å². The quantitative estimate of drug-likeness (QED) is 0.506. The summed E-state index contributed by atoms with van der Waals surface area (Å²) in [7, 11) is 4.02. The maximum absolute atomic E-state index is 13.1. The third-order valence-corrected chi connectivity index (χ3v) is 6.68. The standard InChI is InChI=1S/C26H31N7O/c1-17-6-8-23(18(2)14-17)33-25(34)21-16-27-26(29-24(21)31(33)5)28-20-7-9-22(19(3)15-20)32-12-10-30(4)11-13-32/h6-9,14-16H,10-13H2,1-5H3,(H,27,28,29). The summed E-state index contributed by atoms with van der Waals surface area (Å²) in [5.74, 6) is 0.465. The Labute approximate surface area is 199 Å². The van der Waals surface area contributed by atoms with E-state index < -0.39 is 0 Å². The number of fused-ring (bicyclic) bond motifs is 1. The SMILES string of the molecule is Cc1ccc(-n2c(=O)c3cnc(Nc4ccc(N5CCN(C)CC5)c(C)c4)nc3n2C)c(C)c1. The minimum absolute atomic E-state index is 0.122. The van der Waals surface area contributed by atoms with Crippen LogP contribution in [-0.2, 0) is 7.05 Å². The van der Waals surface area contributed by atoms with Crippen molar-refractivity contribution in [2.75, 3.05) is 43.4 Å². The lowest BCUT2D eigenvalue weighted by molar-refractivity contribution is 0.312. The molecule has 176 valence electrons. The number of aryl methyl sites for hydroxylation is 4. The van der Waals surface area contributed by atoms with Gasteiger partial charge in [0.1, 0.15) is 5.39 Å². The highest BCUT2D eigenvalue weighted by Gasteiger charge is 2.18. The molecule has 0 atom stereocenters. The Hall–Kier alpha value is -3.65. The van der Waals surface area contributed by atoms with Crippen molar-refractivity contribution in [3.63, 3.8) is 0 Å². The second kappa shape index (κ2) is 8.61. The van der Waals surface area contributed by atoms with E-state index in [1.54, 1.807) is 15.6 Å². The van der Waals surface area contributed by atoms with Crippen molar-refractivity contribution in [3.8, 4) is 5.69 Å². The molecule has 0 bridgehead atoms. The number of hydrogen-bond acceptors (Lipinski definition) is 6. The number of anilines is 3. The number of likely N-dealkylation sites (N-methyl/N-ethyl adjacent to an activating group) is 1. The van der Waals surface area contributed by atoms with Crippen molar-refractivity contribution in [2.45, 2.75) is 20.8 Å². The fraction of sp³-hybridized carbons (Fsp3) is 0.346. The fourth-order valence-corrected chi connectivity index (χ4v) is 4.75. The van der Waals surface area contributed by atoms with Gasteiger partial charge in [-0.1, -0.05) is 17.7 Å². The van der Waals surface area contributed by atoms with E-state index in [2.05, 4.69) is 63.3 Å². The largest absolute Gasteiger partial charge is 0.369 e. The van der Waals surface area contributed by atoms with Gasteiger partial charge in [0.05, 0.1) is 5.69 Å². The third kappa shape index (κ3) is 3.94. The summed E-state index contributed by atoms with van der Waals surface area (Å²) in [6.07, 6.45) is 1.61. The fourth-order valence-electron chi connectivity index (χ4n) is 4.75. The molecule has 1 N–H and O–H groups in total. The number of hydrogen-bond donors (Lipinski definition) is 1. The normalized spacial score (nSPS) is 14.7. The van der Waals surface area contributed by atoms with Crippen LogP contribution in [0.4, 0.5) is 17.3 Å². The van der Waals surface area contributed by atoms with Crippen molar-refractivity contribution in [3.05, 3.63) is 69.6 Å². The molecule has 3 heterocycles. The maximum atomic E-state index is 13.1. The van der Waals surface area contributed by atoms with Gasteiger partial charge in [0.2, 0.25) is 5.95 Å². The van der Waals surface area contributed by atoms with Crippen LogP contribution < -0.4 is 15.8 Å². The number of piperazine rings is 1. The molecule has 0 unspecified atom stereocenters. The number of nitrogens with one attached hydrogen (secondary N) is 1. The monoisotopic (exact) mass is 457 g/mol. The second-order valence-corrected chi connectivity index (χ2v) is 9.28. The molecule has 1 saturated heterocycles. The van der Waals surface area contributed by atoms with Crippen LogP contribution in [0.3, 0.4) is 0 Å². The summed E-state index contributed by atoms with van der Waals surface area (Å²) in [4.78, 5) is 27.0. The van der Waals surface area contributed by atoms with Crippen LogP contribution in [0.2, 0.25) is 0 Å². The smallest absolute Gasteiger partial charge is 0.282 e. The zero-order valence-corrected chi connectivity index (χ0v) is 20.5. The van der Waals surface area contributed by atoms with Gasteiger partial charge in [-0.15, -0.1) is 0 Å². The summed E-state index contributed by atoms with van der Waals surface area (Å²) in [6, 6.07) is 12.4. The predicted octanol–water partition coefficient (Wildman–Crippen LogP) is 3.54. The first-order chi connectivity index (χ1) is 16.3. The van der Waals surface area contributed by atoms with Gasteiger partial charge in [-0.2, -0.15) is 4.98 Å². The predicted molar refractivity (Wildman–Crippen MR) is 138 cm³/mol. The van der Waals surface area contributed by atoms with Gasteiger partial charge in [0, 0.05) is 50.8 Å². The van der Waals surface area contributed by atoms with Crippen LogP contribution in [0.1, 0.15) is 16.7 Å². The van der Waals surface area contributed by atoms with Gasteiger partial charge >= 0.3 is 0 Å². The molecule has 5 rings (SSSR count). The Morgan fingerprint density at radius 2 is 1.59 bits per heavy atom. The first-order valence-corrected chi connectivity index (χ1v) is 11.7. The molecule has 1 aliphatic rings. The second-order valence-electron chi connectivity index (χ2n) is 9.28. The Kier molecular flexibility index (Phi) is 5.61. The highest BCUT2D eigenvalue weighted by atomic mass is 16.1. The van der Waals surface area contributed by atoms with E-state index in [0.29, 0.717) is 17.0 Å². The van der Waals surface area contributed by atoms with Gasteiger partial charge in [-0.25, -0.2) is 9.67 Å². The average molecular weight is 458 g/mol. The van der Waals surface area contributed by atoms with Crippen LogP contribution >= 0.6 is 0 Å². The van der Waals surface area contributed by atoms with Gasteiger partial charge in [0.25, 0.3) is 5.56 Å². The van der Waals surface area contributed by atoms with E-state index in [4.69, 9.17) is 0 Å². The Morgan fingerprint density at radius 3 is 2.29 bits per heavy atom. The van der Waals surface area contributed by atoms with Crippen LogP contribution in [0.5, 0.6) is 0 Å². The number of nitrogens with zero attached hydrogens (tertiary/aromatic N) is 6. The molecule has 1 fully saturated rings. The number of aromatic nitrogens is 4. The highest BCUT2D eigenvalue weighted by Crippen LogP contribution is 2.26. The lowest BCUT2D eigenvalue weighted by Gasteiger charge is -2.35. The van der Waals surface area contributed by atoms with Crippen LogP contribution in [0, 0.1) is 20.8 Å². The maximum Gasteiger partial charge on any atom is 0.282 e. The summed E-state index contributed by atoms with van der Waals surface area (Å²) >= 11 is 0. The molecule has 4 aromatic rings. The zero-order valence-electron chi connectivity index (χ0n) is 20.5. The van der Waals surface area contributed by atoms with Gasteiger partial charge in [-0.05, 0) is 63.2 Å². The average Bonchev–Trinajstić information content (AvgIpc) is 3.04. The topological polar surface area (TPSA) is 71.2 Å². The molecule has 2 aromatic carbocycles. The molecule has 0 amide bonds. The Morgan fingerprint density at radius 1 is 0.882 bits per heavy atom. The van der Waals surface area contributed by atoms with E-state index >= 15 is 0 Å². The van der Waals surface area contributed by atoms with Crippen molar-refractivity contribution in [1.29, 1.82) is 0 Å². The molecular weight excluding hydrogens is 426 g/mol. The van der Waals surface area contributed by atoms with Crippen molar-refractivity contribution in [1.82, 2.24) is 24.2 Å². The van der Waals surface area contributed by atoms with Crippen LogP contribution in [0.15, 0.2) is 47.4 Å². The van der Waals surface area contributed by atoms with Gasteiger partial charge < -0.3 is 15.1 Å². The molecule has 8 heteroatoms. The summed E-state index contributed by atoms with van der Waals surface area (Å²) < 4.78 is 3.46. The molecule has 8 nitrogen and oxygen atoms in total. The first-order valence-electron chi connectivity index (χ1n) is 11.7. The van der Waals surface area contributed by atoms with E-state index in [9.17, 15) is 4.79 Å². The first kappa shape index (κ1) is 22.2. The molecule has 0 saturated carbocycles. The zero-order chi connectivity index (χ0) is 24.0. The molecule has 0 spiro atoms. The van der Waals surface area contributed by atoms with E-state index in [0.717, 1.165) is 48.7 Å². The summed E-state index contributed by atoms with van der Waals surface area (Å²) in [5.41, 5.74) is 6.92. The van der Waals surface area contributed by atoms with Gasteiger partial charge in [0.15, 0.2) is 5.65 Å². The third-order valence-electron chi connectivity index (χ3n) is 6.68. The molecule has 1 aliphatic heterocycles. The lowest BCUT2D eigenvalue weighted by Crippen LogP contribution is -2.44. The van der Waals surface area contributed by atoms with Crippen molar-refractivity contribution in [2.24, 2.45) is 7.05 Å². The summed E-state index contributed by atoms with van der Waals surface area (Å²) in [6.45, 7) is 10.4. The number of benzene rings is 2. The molecule has 0 aliphatic carbocycles. The Bertz CT molecular complexity index is 1430. The minimum atomic E-state index is -0.122. The molecule has 0 radical (unpaired) electrons. The van der Waals surface area contributed by atoms with E-state index in [1.807, 2.05) is 33.0 Å². The molecular formula is C26H31N7O. The van der Waals surface area contributed by atoms with E-state index in [-0.39, 0.29) is 5.56 Å².